The van der Waals surface area contributed by atoms with Crippen LogP contribution in [-0.2, 0) is 19.1 Å². The molecule has 22 heavy (non-hydrogen) atoms. The van der Waals surface area contributed by atoms with Gasteiger partial charge in [-0.1, -0.05) is 6.08 Å². The van der Waals surface area contributed by atoms with E-state index in [1.165, 1.54) is 0 Å². The van der Waals surface area contributed by atoms with Gasteiger partial charge in [0.1, 0.15) is 5.60 Å². The molecule has 0 amide bonds. The number of carbonyl (C=O) groups excluding carboxylic acids is 2. The zero-order valence-corrected chi connectivity index (χ0v) is 14.4. The van der Waals surface area contributed by atoms with Crippen LogP contribution in [-0.4, -0.2) is 24.1 Å². The number of hydrogen-bond acceptors (Lipinski definition) is 4. The van der Waals surface area contributed by atoms with Crippen molar-refractivity contribution < 1.29 is 19.1 Å². The normalized spacial score (nSPS) is 25.4. The molecular formula is C18H30O4. The predicted molar refractivity (Wildman–Crippen MR) is 86.3 cm³/mol. The first-order chi connectivity index (χ1) is 10.2. The van der Waals surface area contributed by atoms with E-state index in [-0.39, 0.29) is 11.9 Å². The smallest absolute Gasteiger partial charge is 0.312 e. The first kappa shape index (κ1) is 18.7. The second-order valence-electron chi connectivity index (χ2n) is 7.23. The Labute approximate surface area is 134 Å². The van der Waals surface area contributed by atoms with E-state index in [0.717, 1.165) is 25.7 Å². The maximum atomic E-state index is 12.3. The quantitative estimate of drug-likeness (QED) is 0.549. The predicted octanol–water partition coefficient (Wildman–Crippen LogP) is 4.03. The molecule has 4 heteroatoms. The van der Waals surface area contributed by atoms with Crippen LogP contribution in [0.15, 0.2) is 12.7 Å². The Morgan fingerprint density at radius 2 is 1.86 bits per heavy atom. The van der Waals surface area contributed by atoms with Crippen molar-refractivity contribution in [3.05, 3.63) is 12.7 Å². The number of rotatable bonds is 6. The monoisotopic (exact) mass is 310 g/mol. The van der Waals surface area contributed by atoms with Crippen LogP contribution in [0.2, 0.25) is 0 Å². The third kappa shape index (κ3) is 5.47. The Kier molecular flexibility index (Phi) is 6.64. The Morgan fingerprint density at radius 1 is 1.27 bits per heavy atom. The van der Waals surface area contributed by atoms with Gasteiger partial charge >= 0.3 is 11.9 Å². The van der Waals surface area contributed by atoms with Gasteiger partial charge in [0.25, 0.3) is 0 Å². The van der Waals surface area contributed by atoms with Crippen molar-refractivity contribution >= 4 is 11.9 Å². The van der Waals surface area contributed by atoms with Gasteiger partial charge in [-0.25, -0.2) is 0 Å². The number of hydrogen-bond donors (Lipinski definition) is 0. The molecule has 0 aromatic rings. The number of allylic oxidation sites excluding steroid dienone is 1. The van der Waals surface area contributed by atoms with E-state index in [4.69, 9.17) is 9.47 Å². The van der Waals surface area contributed by atoms with Crippen molar-refractivity contribution in [2.24, 2.45) is 11.3 Å². The van der Waals surface area contributed by atoms with E-state index >= 15 is 0 Å². The minimum absolute atomic E-state index is 0.120. The second kappa shape index (κ2) is 7.80. The van der Waals surface area contributed by atoms with Crippen LogP contribution in [0.5, 0.6) is 0 Å². The Balaban J connectivity index is 2.57. The lowest BCUT2D eigenvalue weighted by molar-refractivity contribution is -0.159. The van der Waals surface area contributed by atoms with Crippen LogP contribution in [0, 0.1) is 11.3 Å². The van der Waals surface area contributed by atoms with Crippen molar-refractivity contribution in [3.63, 3.8) is 0 Å². The number of ether oxygens (including phenoxy) is 2. The fourth-order valence-corrected chi connectivity index (χ4v) is 3.11. The van der Waals surface area contributed by atoms with Crippen LogP contribution < -0.4 is 0 Å². The van der Waals surface area contributed by atoms with Crippen LogP contribution >= 0.6 is 0 Å². The summed E-state index contributed by atoms with van der Waals surface area (Å²) in [7, 11) is 0. The van der Waals surface area contributed by atoms with Crippen molar-refractivity contribution in [1.82, 2.24) is 0 Å². The van der Waals surface area contributed by atoms with E-state index < -0.39 is 11.0 Å². The average Bonchev–Trinajstić information content (AvgIpc) is 2.39. The topological polar surface area (TPSA) is 52.6 Å². The molecule has 1 fully saturated rings. The van der Waals surface area contributed by atoms with Crippen molar-refractivity contribution in [2.45, 2.75) is 71.8 Å². The molecule has 1 aliphatic rings. The van der Waals surface area contributed by atoms with Crippen molar-refractivity contribution in [1.29, 1.82) is 0 Å². The van der Waals surface area contributed by atoms with E-state index in [0.29, 0.717) is 25.4 Å². The van der Waals surface area contributed by atoms with Gasteiger partial charge in [-0.05, 0) is 65.7 Å². The maximum Gasteiger partial charge on any atom is 0.312 e. The summed E-state index contributed by atoms with van der Waals surface area (Å²) in [5.74, 6) is 0.0256. The zero-order valence-electron chi connectivity index (χ0n) is 14.4. The lowest BCUT2D eigenvalue weighted by Gasteiger charge is -2.37. The third-order valence-corrected chi connectivity index (χ3v) is 4.18. The summed E-state index contributed by atoms with van der Waals surface area (Å²) < 4.78 is 10.6. The summed E-state index contributed by atoms with van der Waals surface area (Å²) in [5.41, 5.74) is -0.883. The summed E-state index contributed by atoms with van der Waals surface area (Å²) in [6.45, 7) is 11.6. The molecule has 1 aliphatic carbocycles. The van der Waals surface area contributed by atoms with Crippen LogP contribution in [0.1, 0.15) is 66.2 Å². The highest BCUT2D eigenvalue weighted by Gasteiger charge is 2.42. The molecule has 0 heterocycles. The highest BCUT2D eigenvalue weighted by Crippen LogP contribution is 2.44. The van der Waals surface area contributed by atoms with E-state index in [1.54, 1.807) is 6.08 Å². The third-order valence-electron chi connectivity index (χ3n) is 4.18. The van der Waals surface area contributed by atoms with Gasteiger partial charge in [-0.2, -0.15) is 0 Å². The summed E-state index contributed by atoms with van der Waals surface area (Å²) in [5, 5.41) is 0. The maximum absolute atomic E-state index is 12.3. The molecule has 0 aromatic carbocycles. The molecule has 0 saturated heterocycles. The Hall–Kier alpha value is -1.32. The standard InChI is InChI=1S/C18H30O4/c1-6-10-18(16(20)21-7-2)11-8-14(9-12-18)13-15(19)22-17(3,4)5/h6,14H,1,7-13H2,2-5H3. The molecule has 126 valence electrons. The molecule has 0 N–H and O–H groups in total. The fraction of sp³-hybridized carbons (Fsp3) is 0.778. The van der Waals surface area contributed by atoms with Gasteiger partial charge in [0.2, 0.25) is 0 Å². The summed E-state index contributed by atoms with van der Waals surface area (Å²) >= 11 is 0. The van der Waals surface area contributed by atoms with Gasteiger partial charge in [0.15, 0.2) is 0 Å². The largest absolute Gasteiger partial charge is 0.466 e. The zero-order chi connectivity index (χ0) is 16.8. The summed E-state index contributed by atoms with van der Waals surface area (Å²) in [6.07, 6.45) is 6.09. The van der Waals surface area contributed by atoms with Gasteiger partial charge < -0.3 is 9.47 Å². The highest BCUT2D eigenvalue weighted by molar-refractivity contribution is 5.77. The second-order valence-corrected chi connectivity index (χ2v) is 7.23. The Bertz CT molecular complexity index is 398. The lowest BCUT2D eigenvalue weighted by Crippen LogP contribution is -2.37. The first-order valence-electron chi connectivity index (χ1n) is 8.22. The minimum atomic E-state index is -0.442. The minimum Gasteiger partial charge on any atom is -0.466 e. The van der Waals surface area contributed by atoms with E-state index in [2.05, 4.69) is 6.58 Å². The molecule has 0 unspecified atom stereocenters. The van der Waals surface area contributed by atoms with Crippen LogP contribution in [0.4, 0.5) is 0 Å². The summed E-state index contributed by atoms with van der Waals surface area (Å²) in [6, 6.07) is 0. The SMILES string of the molecule is C=CCC1(C(=O)OCC)CCC(CC(=O)OC(C)(C)C)CC1. The lowest BCUT2D eigenvalue weighted by atomic mass is 9.68. The van der Waals surface area contributed by atoms with Gasteiger partial charge in [0, 0.05) is 6.42 Å². The Morgan fingerprint density at radius 3 is 2.32 bits per heavy atom. The molecule has 4 nitrogen and oxygen atoms in total. The molecule has 0 radical (unpaired) electrons. The van der Waals surface area contributed by atoms with Crippen LogP contribution in [0.3, 0.4) is 0 Å². The highest BCUT2D eigenvalue weighted by atomic mass is 16.6. The van der Waals surface area contributed by atoms with E-state index in [9.17, 15) is 9.59 Å². The molecule has 0 bridgehead atoms. The average molecular weight is 310 g/mol. The first-order valence-corrected chi connectivity index (χ1v) is 8.22. The van der Waals surface area contributed by atoms with Gasteiger partial charge in [-0.3, -0.25) is 9.59 Å². The number of carbonyl (C=O) groups is 2. The molecule has 1 rings (SSSR count). The van der Waals surface area contributed by atoms with Gasteiger partial charge in [0.05, 0.1) is 12.0 Å². The van der Waals surface area contributed by atoms with E-state index in [1.807, 2.05) is 27.7 Å². The summed E-state index contributed by atoms with van der Waals surface area (Å²) in [4.78, 5) is 24.2. The molecule has 1 saturated carbocycles. The van der Waals surface area contributed by atoms with Crippen molar-refractivity contribution in [2.75, 3.05) is 6.61 Å². The molecular weight excluding hydrogens is 280 g/mol. The van der Waals surface area contributed by atoms with Crippen molar-refractivity contribution in [3.8, 4) is 0 Å². The molecule has 0 atom stereocenters. The fourth-order valence-electron chi connectivity index (χ4n) is 3.11. The molecule has 0 aliphatic heterocycles. The van der Waals surface area contributed by atoms with Gasteiger partial charge in [-0.15, -0.1) is 6.58 Å². The molecule has 0 spiro atoms. The molecule has 0 aromatic heterocycles. The van der Waals surface area contributed by atoms with Crippen LogP contribution in [0.25, 0.3) is 0 Å². The number of esters is 2.